The van der Waals surface area contributed by atoms with Crippen LogP contribution in [0.5, 0.6) is 0 Å². The summed E-state index contributed by atoms with van der Waals surface area (Å²) in [5.74, 6) is -1.14. The molecule has 0 aromatic heterocycles. The zero-order chi connectivity index (χ0) is 17.4. The smallest absolute Gasteiger partial charge is 0.346 e. The summed E-state index contributed by atoms with van der Waals surface area (Å²) in [4.78, 5) is 31.6. The Morgan fingerprint density at radius 1 is 1.35 bits per heavy atom. The molecule has 9 heteroatoms. The van der Waals surface area contributed by atoms with E-state index in [1.165, 1.54) is 31.2 Å². The van der Waals surface area contributed by atoms with Gasteiger partial charge < -0.3 is 9.84 Å². The van der Waals surface area contributed by atoms with Gasteiger partial charge in [-0.05, 0) is 19.1 Å². The van der Waals surface area contributed by atoms with Crippen molar-refractivity contribution in [3.8, 4) is 0 Å². The average Bonchev–Trinajstić information content (AvgIpc) is 2.51. The second-order valence-electron chi connectivity index (χ2n) is 4.18. The third-order valence-electron chi connectivity index (χ3n) is 2.68. The molecule has 0 aliphatic carbocycles. The van der Waals surface area contributed by atoms with Crippen molar-refractivity contribution in [2.75, 3.05) is 6.61 Å². The molecule has 0 radical (unpaired) electrons. The van der Waals surface area contributed by atoms with Crippen molar-refractivity contribution in [1.82, 2.24) is 0 Å². The van der Waals surface area contributed by atoms with Crippen molar-refractivity contribution in [2.45, 2.75) is 13.0 Å². The summed E-state index contributed by atoms with van der Waals surface area (Å²) in [6.07, 6.45) is 1.25. The Morgan fingerprint density at radius 3 is 2.57 bits per heavy atom. The molecular formula is C14H14N2O7. The van der Waals surface area contributed by atoms with Crippen LogP contribution in [0.2, 0.25) is 0 Å². The monoisotopic (exact) mass is 322 g/mol. The Bertz CT molecular complexity index is 667. The normalized spacial score (nSPS) is 12.9. The first kappa shape index (κ1) is 18.0. The third-order valence-corrected chi connectivity index (χ3v) is 2.68. The number of nitrogens with zero attached hydrogens (tertiary/aromatic N) is 2. The van der Waals surface area contributed by atoms with E-state index in [0.717, 1.165) is 12.2 Å². The maximum absolute atomic E-state index is 11.3. The molecule has 0 fully saturated rings. The summed E-state index contributed by atoms with van der Waals surface area (Å²) in [7, 11) is 0. The predicted octanol–water partition coefficient (Wildman–Crippen LogP) is 1.69. The molecule has 23 heavy (non-hydrogen) atoms. The molecule has 0 spiro atoms. The summed E-state index contributed by atoms with van der Waals surface area (Å²) in [5.41, 5.74) is -0.744. The second-order valence-corrected chi connectivity index (χ2v) is 4.18. The van der Waals surface area contributed by atoms with Gasteiger partial charge in [-0.25, -0.2) is 4.79 Å². The molecule has 0 aliphatic heterocycles. The summed E-state index contributed by atoms with van der Waals surface area (Å²) < 4.78 is 4.50. The van der Waals surface area contributed by atoms with Crippen LogP contribution in [0.4, 0.5) is 5.69 Å². The third kappa shape index (κ3) is 5.00. The zero-order valence-corrected chi connectivity index (χ0v) is 12.1. The molecule has 1 rings (SSSR count). The van der Waals surface area contributed by atoms with Crippen LogP contribution < -0.4 is 0 Å². The zero-order valence-electron chi connectivity index (χ0n) is 12.1. The number of aliphatic hydroxyl groups is 1. The largest absolute Gasteiger partial charge is 0.464 e. The minimum atomic E-state index is -2.04. The summed E-state index contributed by atoms with van der Waals surface area (Å²) in [6.45, 7) is 1.46. The lowest BCUT2D eigenvalue weighted by atomic mass is 10.1. The Labute approximate surface area is 130 Å². The molecule has 0 heterocycles. The van der Waals surface area contributed by atoms with Crippen LogP contribution in [0.1, 0.15) is 12.5 Å². The van der Waals surface area contributed by atoms with Crippen LogP contribution in [0.15, 0.2) is 42.1 Å². The Morgan fingerprint density at radius 2 is 2.00 bits per heavy atom. The first-order valence-corrected chi connectivity index (χ1v) is 6.49. The highest BCUT2D eigenvalue weighted by atomic mass is 16.6. The quantitative estimate of drug-likeness (QED) is 0.349. The molecule has 122 valence electrons. The van der Waals surface area contributed by atoms with Crippen molar-refractivity contribution in [2.24, 2.45) is 0 Å². The van der Waals surface area contributed by atoms with E-state index in [-0.39, 0.29) is 17.9 Å². The number of rotatable bonds is 7. The predicted molar refractivity (Wildman–Crippen MR) is 79.8 cm³/mol. The molecule has 0 amide bonds. The molecule has 1 aromatic carbocycles. The molecule has 9 nitrogen and oxygen atoms in total. The fourth-order valence-electron chi connectivity index (χ4n) is 1.64. The number of benzene rings is 1. The molecular weight excluding hydrogens is 308 g/mol. The van der Waals surface area contributed by atoms with E-state index in [1.807, 2.05) is 0 Å². The van der Waals surface area contributed by atoms with Crippen LogP contribution in [-0.4, -0.2) is 33.6 Å². The number of esters is 1. The Kier molecular flexibility index (Phi) is 6.56. The van der Waals surface area contributed by atoms with Crippen molar-refractivity contribution >= 4 is 17.7 Å². The second kappa shape index (κ2) is 8.39. The number of aliphatic hydroxyl groups excluding tert-OH is 1. The maximum Gasteiger partial charge on any atom is 0.346 e. The van der Waals surface area contributed by atoms with Gasteiger partial charge in [0.05, 0.1) is 22.0 Å². The maximum atomic E-state index is 11.3. The number of nitro groups is 2. The van der Waals surface area contributed by atoms with Gasteiger partial charge in [0.15, 0.2) is 0 Å². The molecule has 0 bridgehead atoms. The summed E-state index contributed by atoms with van der Waals surface area (Å²) in [5, 5.41) is 31.3. The Hall–Kier alpha value is -3.07. The molecule has 1 unspecified atom stereocenters. The van der Waals surface area contributed by atoms with E-state index < -0.39 is 27.6 Å². The fourth-order valence-corrected chi connectivity index (χ4v) is 1.64. The van der Waals surface area contributed by atoms with Gasteiger partial charge in [-0.15, -0.1) is 0 Å². The van der Waals surface area contributed by atoms with Gasteiger partial charge in [-0.3, -0.25) is 20.2 Å². The molecule has 0 saturated carbocycles. The molecule has 0 saturated heterocycles. The highest BCUT2D eigenvalue weighted by Gasteiger charge is 2.30. The first-order chi connectivity index (χ1) is 10.9. The van der Waals surface area contributed by atoms with Crippen LogP contribution in [0, 0.1) is 20.2 Å². The number of nitro benzene ring substituents is 1. The van der Waals surface area contributed by atoms with E-state index in [0.29, 0.717) is 0 Å². The van der Waals surface area contributed by atoms with Crippen LogP contribution >= 0.6 is 0 Å². The number of allylic oxidation sites excluding steroid dienone is 2. The van der Waals surface area contributed by atoms with E-state index in [4.69, 9.17) is 0 Å². The minimum absolute atomic E-state index is 0.0348. The average molecular weight is 322 g/mol. The highest BCUT2D eigenvalue weighted by molar-refractivity contribution is 5.77. The minimum Gasteiger partial charge on any atom is -0.464 e. The first-order valence-electron chi connectivity index (χ1n) is 6.49. The molecule has 1 atom stereocenters. The number of carbonyl (C=O) groups is 1. The van der Waals surface area contributed by atoms with Crippen molar-refractivity contribution < 1.29 is 24.5 Å². The summed E-state index contributed by atoms with van der Waals surface area (Å²) in [6, 6.07) is 5.79. The topological polar surface area (TPSA) is 133 Å². The van der Waals surface area contributed by atoms with Crippen molar-refractivity contribution in [1.29, 1.82) is 0 Å². The standard InChI is InChI=1S/C14H14N2O7/c1-2-23-14(18)13(17)12(16(21)22)9-5-7-10-6-3-4-8-11(10)15(19)20/h3-9,13,17H,2H2,1H3/b7-5+,12-9+. The van der Waals surface area contributed by atoms with Gasteiger partial charge >= 0.3 is 5.97 Å². The molecule has 0 aliphatic rings. The number of ether oxygens (including phenoxy) is 1. The van der Waals surface area contributed by atoms with E-state index in [9.17, 15) is 30.1 Å². The molecule has 1 N–H and O–H groups in total. The number of hydrogen-bond acceptors (Lipinski definition) is 7. The number of para-hydroxylation sites is 1. The van der Waals surface area contributed by atoms with E-state index in [1.54, 1.807) is 6.07 Å². The summed E-state index contributed by atoms with van der Waals surface area (Å²) >= 11 is 0. The lowest BCUT2D eigenvalue weighted by Crippen LogP contribution is -2.28. The lowest BCUT2D eigenvalue weighted by Gasteiger charge is -2.06. The van der Waals surface area contributed by atoms with Gasteiger partial charge in [0, 0.05) is 12.1 Å². The van der Waals surface area contributed by atoms with E-state index in [2.05, 4.69) is 4.74 Å². The van der Waals surface area contributed by atoms with Crippen LogP contribution in [0.3, 0.4) is 0 Å². The number of carbonyl (C=O) groups excluding carboxylic acids is 1. The van der Waals surface area contributed by atoms with E-state index >= 15 is 0 Å². The van der Waals surface area contributed by atoms with Crippen molar-refractivity contribution in [3.05, 3.63) is 67.9 Å². The Balaban J connectivity index is 3.05. The highest BCUT2D eigenvalue weighted by Crippen LogP contribution is 2.19. The van der Waals surface area contributed by atoms with Gasteiger partial charge in [-0.1, -0.05) is 18.2 Å². The van der Waals surface area contributed by atoms with Gasteiger partial charge in [-0.2, -0.15) is 0 Å². The van der Waals surface area contributed by atoms with Gasteiger partial charge in [0.1, 0.15) is 0 Å². The SMILES string of the molecule is CCOC(=O)C(O)/C(=C\C=C\c1ccccc1[N+](=O)[O-])[N+](=O)[O-]. The molecule has 1 aromatic rings. The van der Waals surface area contributed by atoms with Gasteiger partial charge in [0.25, 0.3) is 11.4 Å². The van der Waals surface area contributed by atoms with Gasteiger partial charge in [0.2, 0.25) is 6.10 Å². The van der Waals surface area contributed by atoms with Crippen LogP contribution in [0.25, 0.3) is 6.08 Å². The van der Waals surface area contributed by atoms with Crippen LogP contribution in [-0.2, 0) is 9.53 Å². The number of hydrogen-bond donors (Lipinski definition) is 1. The van der Waals surface area contributed by atoms with Crippen molar-refractivity contribution in [3.63, 3.8) is 0 Å². The fraction of sp³-hybridized carbons (Fsp3) is 0.214. The lowest BCUT2D eigenvalue weighted by molar-refractivity contribution is -0.434.